The van der Waals surface area contributed by atoms with Gasteiger partial charge in [0.25, 0.3) is 0 Å². The lowest BCUT2D eigenvalue weighted by Gasteiger charge is -2.11. The highest BCUT2D eigenvalue weighted by Crippen LogP contribution is 2.24. The highest BCUT2D eigenvalue weighted by molar-refractivity contribution is 9.10. The van der Waals surface area contributed by atoms with Crippen molar-refractivity contribution in [1.29, 1.82) is 0 Å². The van der Waals surface area contributed by atoms with Crippen molar-refractivity contribution >= 4 is 27.6 Å². The first-order valence-corrected chi connectivity index (χ1v) is 6.74. The molecule has 104 valence electrons. The fourth-order valence-electron chi connectivity index (χ4n) is 1.72. The van der Waals surface area contributed by atoms with Crippen LogP contribution in [0.5, 0.6) is 5.75 Å². The molecule has 0 amide bonds. The Hall–Kier alpha value is -2.01. The molecule has 0 spiro atoms. The number of hydrogen-bond acceptors (Lipinski definition) is 4. The van der Waals surface area contributed by atoms with Crippen molar-refractivity contribution in [1.82, 2.24) is 0 Å². The van der Waals surface area contributed by atoms with E-state index in [1.807, 2.05) is 24.3 Å². The summed E-state index contributed by atoms with van der Waals surface area (Å²) in [5, 5.41) is 0. The predicted octanol–water partition coefficient (Wildman–Crippen LogP) is 3.40. The number of carbonyl (C=O) groups is 1. The quantitative estimate of drug-likeness (QED) is 0.687. The van der Waals surface area contributed by atoms with Gasteiger partial charge >= 0.3 is 5.97 Å². The maximum absolute atomic E-state index is 11.7. The van der Waals surface area contributed by atoms with Crippen LogP contribution in [-0.2, 0) is 11.3 Å². The van der Waals surface area contributed by atoms with Crippen LogP contribution in [0.4, 0.5) is 5.69 Å². The minimum absolute atomic E-state index is 0.340. The smallest absolute Gasteiger partial charge is 0.341 e. The Bertz CT molecular complexity index is 628. The van der Waals surface area contributed by atoms with Crippen LogP contribution in [0.25, 0.3) is 0 Å². The van der Waals surface area contributed by atoms with Gasteiger partial charge in [-0.3, -0.25) is 0 Å². The zero-order valence-corrected chi connectivity index (χ0v) is 12.5. The van der Waals surface area contributed by atoms with Crippen molar-refractivity contribution < 1.29 is 14.3 Å². The Balaban J connectivity index is 2.20. The summed E-state index contributed by atoms with van der Waals surface area (Å²) in [6.07, 6.45) is 0. The van der Waals surface area contributed by atoms with Gasteiger partial charge in [0.1, 0.15) is 17.9 Å². The zero-order valence-electron chi connectivity index (χ0n) is 10.9. The van der Waals surface area contributed by atoms with Crippen molar-refractivity contribution in [3.05, 3.63) is 58.1 Å². The monoisotopic (exact) mass is 335 g/mol. The Morgan fingerprint density at radius 3 is 2.75 bits per heavy atom. The summed E-state index contributed by atoms with van der Waals surface area (Å²) in [7, 11) is 1.33. The highest BCUT2D eigenvalue weighted by Gasteiger charge is 2.13. The lowest BCUT2D eigenvalue weighted by molar-refractivity contribution is 0.0595. The van der Waals surface area contributed by atoms with E-state index in [1.54, 1.807) is 18.2 Å². The number of hydrogen-bond donors (Lipinski definition) is 1. The molecule has 2 N–H and O–H groups in total. The van der Waals surface area contributed by atoms with Crippen molar-refractivity contribution in [2.24, 2.45) is 0 Å². The molecule has 0 saturated carbocycles. The molecule has 0 fully saturated rings. The van der Waals surface area contributed by atoms with Crippen LogP contribution < -0.4 is 10.5 Å². The van der Waals surface area contributed by atoms with Gasteiger partial charge in [-0.25, -0.2) is 4.79 Å². The first kappa shape index (κ1) is 14.4. The Labute approximate surface area is 125 Å². The molecule has 0 aliphatic rings. The van der Waals surface area contributed by atoms with Crippen LogP contribution in [0.3, 0.4) is 0 Å². The first-order valence-electron chi connectivity index (χ1n) is 5.95. The fourth-order valence-corrected chi connectivity index (χ4v) is 2.17. The molecule has 5 heteroatoms. The summed E-state index contributed by atoms with van der Waals surface area (Å²) >= 11 is 3.40. The van der Waals surface area contributed by atoms with Gasteiger partial charge in [0.15, 0.2) is 0 Å². The Morgan fingerprint density at radius 2 is 2.05 bits per heavy atom. The number of benzene rings is 2. The van der Waals surface area contributed by atoms with Crippen LogP contribution in [0, 0.1) is 0 Å². The molecule has 4 nitrogen and oxygen atoms in total. The van der Waals surface area contributed by atoms with E-state index in [-0.39, 0.29) is 0 Å². The summed E-state index contributed by atoms with van der Waals surface area (Å²) in [6, 6.07) is 12.6. The third kappa shape index (κ3) is 3.51. The molecular weight excluding hydrogens is 322 g/mol. The number of halogens is 1. The second-order valence-electron chi connectivity index (χ2n) is 4.17. The summed E-state index contributed by atoms with van der Waals surface area (Å²) in [4.78, 5) is 11.7. The minimum atomic E-state index is -0.450. The Kier molecular flexibility index (Phi) is 4.63. The van der Waals surface area contributed by atoms with Crippen molar-refractivity contribution in [3.63, 3.8) is 0 Å². The van der Waals surface area contributed by atoms with E-state index >= 15 is 0 Å². The molecule has 20 heavy (non-hydrogen) atoms. The number of ether oxygens (including phenoxy) is 2. The Morgan fingerprint density at radius 1 is 1.25 bits per heavy atom. The van der Waals surface area contributed by atoms with Gasteiger partial charge in [0.05, 0.1) is 7.11 Å². The average molecular weight is 336 g/mol. The van der Waals surface area contributed by atoms with E-state index in [0.717, 1.165) is 10.0 Å². The van der Waals surface area contributed by atoms with E-state index in [9.17, 15) is 4.79 Å². The van der Waals surface area contributed by atoms with E-state index in [0.29, 0.717) is 23.6 Å². The first-order chi connectivity index (χ1) is 9.60. The SMILES string of the molecule is COC(=O)c1ccc(N)cc1OCc1cccc(Br)c1. The number of esters is 1. The predicted molar refractivity (Wildman–Crippen MR) is 80.7 cm³/mol. The number of nitrogens with two attached hydrogens (primary N) is 1. The molecule has 2 aromatic carbocycles. The van der Waals surface area contributed by atoms with Gasteiger partial charge in [0, 0.05) is 16.2 Å². The molecule has 0 heterocycles. The van der Waals surface area contributed by atoms with Crippen LogP contribution in [0.1, 0.15) is 15.9 Å². The summed E-state index contributed by atoms with van der Waals surface area (Å²) in [6.45, 7) is 0.340. The van der Waals surface area contributed by atoms with Gasteiger partial charge in [-0.15, -0.1) is 0 Å². The maximum Gasteiger partial charge on any atom is 0.341 e. The van der Waals surface area contributed by atoms with Gasteiger partial charge in [-0.05, 0) is 29.8 Å². The number of nitrogen functional groups attached to an aromatic ring is 1. The third-order valence-electron chi connectivity index (χ3n) is 2.69. The third-order valence-corrected chi connectivity index (χ3v) is 3.19. The van der Waals surface area contributed by atoms with Crippen molar-refractivity contribution in [2.75, 3.05) is 12.8 Å². The second kappa shape index (κ2) is 6.43. The molecule has 0 radical (unpaired) electrons. The number of methoxy groups -OCH3 is 1. The van der Waals surface area contributed by atoms with Crippen LogP contribution in [0.2, 0.25) is 0 Å². The van der Waals surface area contributed by atoms with E-state index < -0.39 is 5.97 Å². The summed E-state index contributed by atoms with van der Waals surface area (Å²) < 4.78 is 11.4. The van der Waals surface area contributed by atoms with Gasteiger partial charge < -0.3 is 15.2 Å². The number of carbonyl (C=O) groups excluding carboxylic acids is 1. The van der Waals surface area contributed by atoms with E-state index in [4.69, 9.17) is 15.2 Å². The van der Waals surface area contributed by atoms with Crippen LogP contribution in [0.15, 0.2) is 46.9 Å². The molecule has 0 bridgehead atoms. The van der Waals surface area contributed by atoms with Crippen molar-refractivity contribution in [3.8, 4) is 5.75 Å². The van der Waals surface area contributed by atoms with Crippen LogP contribution in [-0.4, -0.2) is 13.1 Å². The molecule has 0 aliphatic heterocycles. The van der Waals surface area contributed by atoms with Gasteiger partial charge in [-0.1, -0.05) is 28.1 Å². The van der Waals surface area contributed by atoms with Crippen LogP contribution >= 0.6 is 15.9 Å². The fraction of sp³-hybridized carbons (Fsp3) is 0.133. The number of rotatable bonds is 4. The molecule has 0 unspecified atom stereocenters. The van der Waals surface area contributed by atoms with E-state index in [2.05, 4.69) is 15.9 Å². The standard InChI is InChI=1S/C15H14BrNO3/c1-19-15(18)13-6-5-12(17)8-14(13)20-9-10-3-2-4-11(16)7-10/h2-8H,9,17H2,1H3. The lowest BCUT2D eigenvalue weighted by Crippen LogP contribution is -2.06. The van der Waals surface area contributed by atoms with Crippen molar-refractivity contribution in [2.45, 2.75) is 6.61 Å². The molecular formula is C15H14BrNO3. The minimum Gasteiger partial charge on any atom is -0.488 e. The zero-order chi connectivity index (χ0) is 14.5. The second-order valence-corrected chi connectivity index (χ2v) is 5.08. The largest absolute Gasteiger partial charge is 0.488 e. The number of anilines is 1. The maximum atomic E-state index is 11.7. The molecule has 0 saturated heterocycles. The lowest BCUT2D eigenvalue weighted by atomic mass is 10.2. The average Bonchev–Trinajstić information content (AvgIpc) is 2.44. The van der Waals surface area contributed by atoms with Gasteiger partial charge in [0.2, 0.25) is 0 Å². The normalized spacial score (nSPS) is 10.1. The molecule has 0 atom stereocenters. The van der Waals surface area contributed by atoms with E-state index in [1.165, 1.54) is 7.11 Å². The molecule has 2 aromatic rings. The summed E-state index contributed by atoms with van der Waals surface area (Å²) in [5.74, 6) is -0.0360. The highest BCUT2D eigenvalue weighted by atomic mass is 79.9. The van der Waals surface area contributed by atoms with Gasteiger partial charge in [-0.2, -0.15) is 0 Å². The topological polar surface area (TPSA) is 61.5 Å². The molecule has 2 rings (SSSR count). The summed E-state index contributed by atoms with van der Waals surface area (Å²) in [5.41, 5.74) is 7.59. The molecule has 0 aromatic heterocycles. The molecule has 0 aliphatic carbocycles.